The fourth-order valence-electron chi connectivity index (χ4n) is 1.09. The van der Waals surface area contributed by atoms with Gasteiger partial charge in [0, 0.05) is 11.8 Å². The van der Waals surface area contributed by atoms with Crippen LogP contribution in [0.4, 0.5) is 8.78 Å². The molecule has 0 aliphatic heterocycles. The Hall–Kier alpha value is -1.23. The van der Waals surface area contributed by atoms with Crippen LogP contribution in [0.5, 0.6) is 0 Å². The summed E-state index contributed by atoms with van der Waals surface area (Å²) in [6, 6.07) is 0. The van der Waals surface area contributed by atoms with E-state index in [1.165, 1.54) is 6.92 Å². The highest BCUT2D eigenvalue weighted by Crippen LogP contribution is 2.27. The fraction of sp³-hybridized carbons (Fsp3) is 0.250. The molecule has 0 spiro atoms. The zero-order valence-corrected chi connectivity index (χ0v) is 7.98. The highest BCUT2D eigenvalue weighted by Gasteiger charge is 2.19. The van der Waals surface area contributed by atoms with Crippen LogP contribution in [-0.2, 0) is 0 Å². The molecule has 1 aromatic heterocycles. The SMILES string of the molecule is Cc1c(C(F)F)cnc(Cl)c1C(N)=O. The molecule has 0 aromatic carbocycles. The van der Waals surface area contributed by atoms with E-state index in [1.807, 2.05) is 0 Å². The van der Waals surface area contributed by atoms with Crippen LogP contribution in [0.2, 0.25) is 5.15 Å². The van der Waals surface area contributed by atoms with Crippen molar-refractivity contribution in [2.24, 2.45) is 5.73 Å². The van der Waals surface area contributed by atoms with E-state index >= 15 is 0 Å². The lowest BCUT2D eigenvalue weighted by Crippen LogP contribution is -2.15. The van der Waals surface area contributed by atoms with Crippen LogP contribution in [0.3, 0.4) is 0 Å². The van der Waals surface area contributed by atoms with E-state index in [-0.39, 0.29) is 21.8 Å². The second-order valence-corrected chi connectivity index (χ2v) is 3.03. The predicted molar refractivity (Wildman–Crippen MR) is 47.5 cm³/mol. The molecule has 0 bridgehead atoms. The normalized spacial score (nSPS) is 10.6. The summed E-state index contributed by atoms with van der Waals surface area (Å²) >= 11 is 5.54. The number of aromatic nitrogens is 1. The largest absolute Gasteiger partial charge is 0.365 e. The van der Waals surface area contributed by atoms with Gasteiger partial charge in [-0.1, -0.05) is 11.6 Å². The zero-order chi connectivity index (χ0) is 10.9. The van der Waals surface area contributed by atoms with Gasteiger partial charge in [0.25, 0.3) is 12.3 Å². The molecule has 0 atom stereocenters. The smallest absolute Gasteiger partial charge is 0.265 e. The monoisotopic (exact) mass is 220 g/mol. The maximum Gasteiger partial charge on any atom is 0.265 e. The minimum atomic E-state index is -2.70. The Bertz CT molecular complexity index is 382. The second-order valence-electron chi connectivity index (χ2n) is 2.67. The number of amides is 1. The summed E-state index contributed by atoms with van der Waals surface area (Å²) in [5, 5.41) is -0.153. The Morgan fingerprint density at radius 3 is 2.64 bits per heavy atom. The van der Waals surface area contributed by atoms with E-state index in [1.54, 1.807) is 0 Å². The van der Waals surface area contributed by atoms with Crippen LogP contribution in [0, 0.1) is 6.92 Å². The molecule has 1 aromatic rings. The summed E-state index contributed by atoms with van der Waals surface area (Å²) in [5.41, 5.74) is 4.57. The molecular formula is C8H7ClF2N2O. The van der Waals surface area contributed by atoms with Crippen molar-refractivity contribution in [1.29, 1.82) is 0 Å². The first-order valence-corrected chi connectivity index (χ1v) is 4.06. The molecule has 0 aliphatic carbocycles. The number of hydrogen-bond acceptors (Lipinski definition) is 2. The molecule has 1 heterocycles. The Labute approximate surface area is 83.9 Å². The summed E-state index contributed by atoms with van der Waals surface area (Å²) in [6.45, 7) is 1.36. The lowest BCUT2D eigenvalue weighted by Gasteiger charge is -2.08. The molecule has 1 rings (SSSR count). The van der Waals surface area contributed by atoms with E-state index in [9.17, 15) is 13.6 Å². The van der Waals surface area contributed by atoms with Crippen molar-refractivity contribution < 1.29 is 13.6 Å². The van der Waals surface area contributed by atoms with E-state index < -0.39 is 12.3 Å². The minimum Gasteiger partial charge on any atom is -0.365 e. The average Bonchev–Trinajstić information content (AvgIpc) is 2.02. The molecule has 0 radical (unpaired) electrons. The lowest BCUT2D eigenvalue weighted by atomic mass is 10.1. The van der Waals surface area contributed by atoms with E-state index in [0.717, 1.165) is 6.20 Å². The van der Waals surface area contributed by atoms with Gasteiger partial charge in [-0.25, -0.2) is 13.8 Å². The Morgan fingerprint density at radius 2 is 2.21 bits per heavy atom. The highest BCUT2D eigenvalue weighted by atomic mass is 35.5. The van der Waals surface area contributed by atoms with Crippen LogP contribution >= 0.6 is 11.6 Å². The molecular weight excluding hydrogens is 214 g/mol. The number of primary amides is 1. The molecule has 1 amide bonds. The Balaban J connectivity index is 3.41. The van der Waals surface area contributed by atoms with Gasteiger partial charge < -0.3 is 5.73 Å². The number of alkyl halides is 2. The van der Waals surface area contributed by atoms with Crippen LogP contribution in [0.25, 0.3) is 0 Å². The number of hydrogen-bond donors (Lipinski definition) is 1. The third-order valence-corrected chi connectivity index (χ3v) is 2.10. The number of carbonyl (C=O) groups excluding carboxylic acids is 1. The maximum absolute atomic E-state index is 12.4. The number of rotatable bonds is 2. The van der Waals surface area contributed by atoms with Crippen molar-refractivity contribution >= 4 is 17.5 Å². The summed E-state index contributed by atoms with van der Waals surface area (Å²) in [7, 11) is 0. The van der Waals surface area contributed by atoms with Crippen LogP contribution in [0.1, 0.15) is 27.9 Å². The van der Waals surface area contributed by atoms with E-state index in [2.05, 4.69) is 4.98 Å². The molecule has 6 heteroatoms. The maximum atomic E-state index is 12.4. The third kappa shape index (κ3) is 1.82. The minimum absolute atomic E-state index is 0.0764. The molecule has 76 valence electrons. The summed E-state index contributed by atoms with van der Waals surface area (Å²) in [6.07, 6.45) is -1.76. The quantitative estimate of drug-likeness (QED) is 0.776. The highest BCUT2D eigenvalue weighted by molar-refractivity contribution is 6.32. The first-order chi connectivity index (χ1) is 6.45. The molecule has 14 heavy (non-hydrogen) atoms. The first kappa shape index (κ1) is 10.8. The second kappa shape index (κ2) is 3.88. The fourth-order valence-corrected chi connectivity index (χ4v) is 1.38. The van der Waals surface area contributed by atoms with Crippen LogP contribution < -0.4 is 5.73 Å². The summed E-state index contributed by atoms with van der Waals surface area (Å²) in [5.74, 6) is -0.859. The van der Waals surface area contributed by atoms with Gasteiger partial charge in [0.15, 0.2) is 0 Å². The van der Waals surface area contributed by atoms with Gasteiger partial charge in [0.1, 0.15) is 5.15 Å². The van der Waals surface area contributed by atoms with Gasteiger partial charge in [-0.05, 0) is 12.5 Å². The third-order valence-electron chi connectivity index (χ3n) is 1.81. The first-order valence-electron chi connectivity index (χ1n) is 3.68. The Morgan fingerprint density at radius 1 is 1.64 bits per heavy atom. The lowest BCUT2D eigenvalue weighted by molar-refractivity contribution is 0.0998. The number of carbonyl (C=O) groups is 1. The van der Waals surface area contributed by atoms with Gasteiger partial charge in [0.05, 0.1) is 5.56 Å². The topological polar surface area (TPSA) is 56.0 Å². The number of halogens is 3. The number of pyridine rings is 1. The van der Waals surface area contributed by atoms with Gasteiger partial charge in [-0.15, -0.1) is 0 Å². The molecule has 0 saturated heterocycles. The van der Waals surface area contributed by atoms with Gasteiger partial charge in [-0.2, -0.15) is 0 Å². The van der Waals surface area contributed by atoms with Crippen molar-refractivity contribution in [3.63, 3.8) is 0 Å². The van der Waals surface area contributed by atoms with Crippen molar-refractivity contribution in [3.05, 3.63) is 28.0 Å². The van der Waals surface area contributed by atoms with E-state index in [0.29, 0.717) is 0 Å². The van der Waals surface area contributed by atoms with Crippen molar-refractivity contribution in [1.82, 2.24) is 4.98 Å². The molecule has 0 fully saturated rings. The molecule has 2 N–H and O–H groups in total. The molecule has 0 unspecified atom stereocenters. The number of nitrogens with two attached hydrogens (primary N) is 1. The van der Waals surface area contributed by atoms with Gasteiger partial charge in [-0.3, -0.25) is 4.79 Å². The molecule has 0 saturated carbocycles. The predicted octanol–water partition coefficient (Wildman–Crippen LogP) is 2.08. The van der Waals surface area contributed by atoms with Crippen LogP contribution in [-0.4, -0.2) is 10.9 Å². The summed E-state index contributed by atoms with van der Waals surface area (Å²) in [4.78, 5) is 14.3. The average molecular weight is 221 g/mol. The van der Waals surface area contributed by atoms with Gasteiger partial charge in [0.2, 0.25) is 0 Å². The van der Waals surface area contributed by atoms with Gasteiger partial charge >= 0.3 is 0 Å². The summed E-state index contributed by atoms with van der Waals surface area (Å²) < 4.78 is 24.7. The zero-order valence-electron chi connectivity index (χ0n) is 7.22. The molecule has 3 nitrogen and oxygen atoms in total. The van der Waals surface area contributed by atoms with Crippen molar-refractivity contribution in [2.45, 2.75) is 13.3 Å². The Kier molecular flexibility index (Phi) is 3.00. The molecule has 0 aliphatic rings. The van der Waals surface area contributed by atoms with Crippen LogP contribution in [0.15, 0.2) is 6.20 Å². The standard InChI is InChI=1S/C8H7ClF2N2O/c1-3-4(7(10)11)2-13-6(9)5(3)8(12)14/h2,7H,1H3,(H2,12,14). The van der Waals surface area contributed by atoms with Crippen molar-refractivity contribution in [2.75, 3.05) is 0 Å². The number of nitrogens with zero attached hydrogens (tertiary/aromatic N) is 1. The van der Waals surface area contributed by atoms with Crippen molar-refractivity contribution in [3.8, 4) is 0 Å². The van der Waals surface area contributed by atoms with E-state index in [4.69, 9.17) is 17.3 Å².